The zero-order valence-electron chi connectivity index (χ0n) is 16.7. The molecule has 2 aliphatic heterocycles. The highest BCUT2D eigenvalue weighted by molar-refractivity contribution is 9.10. The molecule has 8 heteroatoms. The number of hydrogen-bond donors (Lipinski definition) is 1. The topological polar surface area (TPSA) is 67.2 Å². The van der Waals surface area contributed by atoms with Crippen LogP contribution in [-0.4, -0.2) is 46.0 Å². The lowest BCUT2D eigenvalue weighted by Crippen LogP contribution is -2.45. The number of pyridine rings is 2. The van der Waals surface area contributed by atoms with E-state index in [1.54, 1.807) is 22.8 Å². The normalized spacial score (nSPS) is 18.8. The summed E-state index contributed by atoms with van der Waals surface area (Å²) in [5, 5.41) is 3.07. The van der Waals surface area contributed by atoms with Crippen LogP contribution >= 0.6 is 15.9 Å². The molecule has 0 aliphatic carbocycles. The van der Waals surface area contributed by atoms with Crippen molar-refractivity contribution in [3.63, 3.8) is 0 Å². The molecule has 0 unspecified atom stereocenters. The van der Waals surface area contributed by atoms with Crippen LogP contribution in [0.25, 0.3) is 11.0 Å². The number of piperidine rings is 1. The van der Waals surface area contributed by atoms with Crippen LogP contribution < -0.4 is 10.9 Å². The van der Waals surface area contributed by atoms with Crippen molar-refractivity contribution in [2.75, 3.05) is 19.6 Å². The number of carbonyl (C=O) groups excluding carboxylic acids is 1. The average molecular weight is 483 g/mol. The van der Waals surface area contributed by atoms with Crippen molar-refractivity contribution < 1.29 is 9.18 Å². The first kappa shape index (κ1) is 20.2. The van der Waals surface area contributed by atoms with Crippen molar-refractivity contribution in [3.05, 3.63) is 74.4 Å². The summed E-state index contributed by atoms with van der Waals surface area (Å²) in [5.74, 6) is -0.576. The Hall–Kier alpha value is -2.76. The van der Waals surface area contributed by atoms with E-state index in [1.165, 1.54) is 12.3 Å². The first-order chi connectivity index (χ1) is 15.0. The molecular weight excluding hydrogens is 463 g/mol. The summed E-state index contributed by atoms with van der Waals surface area (Å²) in [4.78, 5) is 31.1. The minimum absolute atomic E-state index is 0.0837. The molecule has 1 fully saturated rings. The molecule has 1 saturated heterocycles. The van der Waals surface area contributed by atoms with Gasteiger partial charge in [-0.05, 0) is 47.0 Å². The largest absolute Gasteiger partial charge is 0.349 e. The van der Waals surface area contributed by atoms with Crippen LogP contribution in [0.3, 0.4) is 0 Å². The summed E-state index contributed by atoms with van der Waals surface area (Å²) in [6.45, 7) is 2.76. The quantitative estimate of drug-likeness (QED) is 0.620. The Bertz CT molecular complexity index is 1200. The van der Waals surface area contributed by atoms with E-state index < -0.39 is 0 Å². The van der Waals surface area contributed by atoms with Gasteiger partial charge in [0.05, 0.1) is 27.3 Å². The fourth-order valence-electron chi connectivity index (χ4n) is 4.63. The third kappa shape index (κ3) is 3.84. The first-order valence-corrected chi connectivity index (χ1v) is 11.1. The number of likely N-dealkylation sites (tertiary alicyclic amines) is 1. The minimum Gasteiger partial charge on any atom is -0.349 e. The number of aromatic nitrogens is 2. The Morgan fingerprint density at radius 3 is 2.77 bits per heavy atom. The van der Waals surface area contributed by atoms with Crippen LogP contribution in [0.4, 0.5) is 4.39 Å². The van der Waals surface area contributed by atoms with Crippen LogP contribution in [0.15, 0.2) is 39.7 Å². The number of hydrogen-bond acceptors (Lipinski definition) is 4. The number of carbonyl (C=O) groups is 1. The zero-order valence-corrected chi connectivity index (χ0v) is 18.3. The summed E-state index contributed by atoms with van der Waals surface area (Å²) in [6.07, 6.45) is 2.89. The second-order valence-electron chi connectivity index (χ2n) is 8.13. The SMILES string of the molecule is O=C(NC1CCN(C[C@H]2Cn3c(=O)ccc4ncc(F)c2c43)CC1)c1c#cc(Br)cc1. The highest BCUT2D eigenvalue weighted by Crippen LogP contribution is 2.34. The fraction of sp³-hybridized carbons (Fsp3) is 0.348. The predicted molar refractivity (Wildman–Crippen MR) is 117 cm³/mol. The molecule has 0 spiro atoms. The molecule has 1 N–H and O–H groups in total. The smallest absolute Gasteiger partial charge is 0.260 e. The lowest BCUT2D eigenvalue weighted by molar-refractivity contribution is 0.0908. The van der Waals surface area contributed by atoms with Crippen molar-refractivity contribution in [3.8, 4) is 0 Å². The Labute approximate surface area is 187 Å². The molecule has 0 bridgehead atoms. The molecule has 5 rings (SSSR count). The zero-order chi connectivity index (χ0) is 21.5. The average Bonchev–Trinajstić information content (AvgIpc) is 3.15. The monoisotopic (exact) mass is 482 g/mol. The number of halogens is 2. The number of amides is 1. The Morgan fingerprint density at radius 1 is 1.23 bits per heavy atom. The molecule has 4 heterocycles. The highest BCUT2D eigenvalue weighted by atomic mass is 79.9. The van der Waals surface area contributed by atoms with Gasteiger partial charge in [-0.1, -0.05) is 12.1 Å². The second-order valence-corrected chi connectivity index (χ2v) is 8.98. The van der Waals surface area contributed by atoms with Gasteiger partial charge in [0, 0.05) is 49.8 Å². The third-order valence-electron chi connectivity index (χ3n) is 6.16. The molecule has 1 atom stereocenters. The maximum atomic E-state index is 14.6. The maximum absolute atomic E-state index is 14.6. The van der Waals surface area contributed by atoms with Gasteiger partial charge < -0.3 is 14.8 Å². The second kappa shape index (κ2) is 8.06. The van der Waals surface area contributed by atoms with E-state index in [0.29, 0.717) is 35.2 Å². The van der Waals surface area contributed by atoms with Crippen LogP contribution in [0.5, 0.6) is 0 Å². The van der Waals surface area contributed by atoms with Crippen molar-refractivity contribution in [1.82, 2.24) is 19.8 Å². The van der Waals surface area contributed by atoms with Crippen molar-refractivity contribution in [1.29, 1.82) is 0 Å². The van der Waals surface area contributed by atoms with Crippen LogP contribution in [0.1, 0.15) is 34.7 Å². The molecule has 2 aliphatic rings. The van der Waals surface area contributed by atoms with Gasteiger partial charge in [0.1, 0.15) is 5.82 Å². The van der Waals surface area contributed by atoms with E-state index >= 15 is 0 Å². The van der Waals surface area contributed by atoms with E-state index in [-0.39, 0.29) is 29.2 Å². The molecule has 6 nitrogen and oxygen atoms in total. The van der Waals surface area contributed by atoms with E-state index in [4.69, 9.17) is 0 Å². The van der Waals surface area contributed by atoms with Crippen molar-refractivity contribution in [2.24, 2.45) is 0 Å². The molecule has 158 valence electrons. The van der Waals surface area contributed by atoms with Gasteiger partial charge >= 0.3 is 0 Å². The summed E-state index contributed by atoms with van der Waals surface area (Å²) in [5.41, 5.74) is 2.23. The van der Waals surface area contributed by atoms with Crippen molar-refractivity contribution in [2.45, 2.75) is 31.3 Å². The molecule has 31 heavy (non-hydrogen) atoms. The van der Waals surface area contributed by atoms with E-state index in [9.17, 15) is 14.0 Å². The Kier molecular flexibility index (Phi) is 5.24. The van der Waals surface area contributed by atoms with E-state index in [0.717, 1.165) is 30.4 Å². The van der Waals surface area contributed by atoms with Gasteiger partial charge in [0.2, 0.25) is 0 Å². The highest BCUT2D eigenvalue weighted by Gasteiger charge is 2.32. The summed E-state index contributed by atoms with van der Waals surface area (Å²) in [7, 11) is 0. The molecule has 1 amide bonds. The van der Waals surface area contributed by atoms with Gasteiger partial charge in [0.15, 0.2) is 0 Å². The number of nitrogens with zero attached hydrogens (tertiary/aromatic N) is 3. The van der Waals surface area contributed by atoms with Crippen LogP contribution in [-0.2, 0) is 6.54 Å². The Morgan fingerprint density at radius 2 is 2.03 bits per heavy atom. The minimum atomic E-state index is -0.348. The molecule has 0 saturated carbocycles. The predicted octanol–water partition coefficient (Wildman–Crippen LogP) is 2.89. The van der Waals surface area contributed by atoms with Gasteiger partial charge in [-0.15, -0.1) is 0 Å². The molecular formula is C23H20BrFN4O2. The van der Waals surface area contributed by atoms with Crippen LogP contribution in [0, 0.1) is 17.9 Å². The summed E-state index contributed by atoms with van der Waals surface area (Å²) in [6, 6.07) is 12.4. The fourth-order valence-corrected chi connectivity index (χ4v) is 4.86. The van der Waals surface area contributed by atoms with Crippen molar-refractivity contribution >= 4 is 32.9 Å². The molecule has 2 aromatic heterocycles. The van der Waals surface area contributed by atoms with E-state index in [1.807, 2.05) is 0 Å². The van der Waals surface area contributed by atoms with Gasteiger partial charge in [-0.3, -0.25) is 14.6 Å². The maximum Gasteiger partial charge on any atom is 0.260 e. The van der Waals surface area contributed by atoms with Gasteiger partial charge in [-0.2, -0.15) is 0 Å². The van der Waals surface area contributed by atoms with Gasteiger partial charge in [-0.25, -0.2) is 4.39 Å². The standard InChI is InChI=1S/C23H20BrFN4O2/c24-16-3-1-14(2-4-16)23(31)27-17-7-9-28(10-8-17)12-15-13-29-20(30)6-5-19-22(29)21(15)18(25)11-26-19/h1,3,5-6,11,15,17H,7-10,12-13H2,(H,27,31)/t15-/m0/s1. The lowest BCUT2D eigenvalue weighted by atomic mass is 9.98. The molecule has 0 radical (unpaired) electrons. The lowest BCUT2D eigenvalue weighted by Gasteiger charge is -2.33. The molecule has 1 aromatic carbocycles. The summed E-state index contributed by atoms with van der Waals surface area (Å²) < 4.78 is 17.0. The third-order valence-corrected chi connectivity index (χ3v) is 6.62. The number of rotatable bonds is 4. The van der Waals surface area contributed by atoms with Crippen LogP contribution in [0.2, 0.25) is 0 Å². The number of nitrogens with one attached hydrogen (secondary N) is 1. The van der Waals surface area contributed by atoms with E-state index in [2.05, 4.69) is 43.3 Å². The first-order valence-electron chi connectivity index (χ1n) is 10.3. The molecule has 3 aromatic rings. The van der Waals surface area contributed by atoms with Gasteiger partial charge in [0.25, 0.3) is 11.5 Å². The summed E-state index contributed by atoms with van der Waals surface area (Å²) >= 11 is 3.29. The Balaban J connectivity index is 1.23.